The molecule has 1 aromatic carbocycles. The molecule has 1 aromatic rings. The molecule has 0 bridgehead atoms. The van der Waals surface area contributed by atoms with Crippen molar-refractivity contribution in [1.82, 2.24) is 5.43 Å². The van der Waals surface area contributed by atoms with Crippen LogP contribution in [0.25, 0.3) is 0 Å². The van der Waals surface area contributed by atoms with Crippen LogP contribution in [0, 0.1) is 0 Å². The highest BCUT2D eigenvalue weighted by Crippen LogP contribution is 2.15. The smallest absolute Gasteiger partial charge is 0.0659 e. The molecule has 0 aromatic heterocycles. The van der Waals surface area contributed by atoms with Crippen molar-refractivity contribution in [2.75, 3.05) is 7.05 Å². The standard InChI is InChI=1S/C9H11ClN2/c1-7(12-11-2)8-5-3-4-6-9(8)10/h3-6,11H,1-2H3/b12-7+. The van der Waals surface area contributed by atoms with Crippen LogP contribution in [0.1, 0.15) is 12.5 Å². The van der Waals surface area contributed by atoms with Gasteiger partial charge in [-0.05, 0) is 13.0 Å². The Balaban J connectivity index is 3.02. The minimum Gasteiger partial charge on any atom is -0.313 e. The van der Waals surface area contributed by atoms with E-state index in [2.05, 4.69) is 10.5 Å². The van der Waals surface area contributed by atoms with E-state index < -0.39 is 0 Å². The molecule has 3 heteroatoms. The SMILES string of the molecule is CN/N=C(\C)c1ccccc1Cl. The lowest BCUT2D eigenvalue weighted by Gasteiger charge is -2.01. The van der Waals surface area contributed by atoms with Gasteiger partial charge in [-0.2, -0.15) is 5.10 Å². The van der Waals surface area contributed by atoms with Crippen LogP contribution in [-0.2, 0) is 0 Å². The van der Waals surface area contributed by atoms with Gasteiger partial charge in [0.25, 0.3) is 0 Å². The lowest BCUT2D eigenvalue weighted by molar-refractivity contribution is 0.900. The first-order chi connectivity index (χ1) is 5.75. The summed E-state index contributed by atoms with van der Waals surface area (Å²) in [5.41, 5.74) is 4.58. The normalized spacial score (nSPS) is 11.4. The Kier molecular flexibility index (Phi) is 3.11. The lowest BCUT2D eigenvalue weighted by atomic mass is 10.1. The summed E-state index contributed by atoms with van der Waals surface area (Å²) in [6, 6.07) is 7.64. The fraction of sp³-hybridized carbons (Fsp3) is 0.222. The molecule has 0 atom stereocenters. The van der Waals surface area contributed by atoms with E-state index in [-0.39, 0.29) is 0 Å². The molecule has 0 saturated heterocycles. The molecule has 2 nitrogen and oxygen atoms in total. The van der Waals surface area contributed by atoms with Gasteiger partial charge in [0.1, 0.15) is 0 Å². The van der Waals surface area contributed by atoms with Crippen molar-refractivity contribution < 1.29 is 0 Å². The maximum atomic E-state index is 5.95. The molecule has 0 aliphatic rings. The van der Waals surface area contributed by atoms with Gasteiger partial charge in [-0.15, -0.1) is 0 Å². The topological polar surface area (TPSA) is 24.4 Å². The van der Waals surface area contributed by atoms with E-state index in [9.17, 15) is 0 Å². The zero-order chi connectivity index (χ0) is 8.97. The third kappa shape index (κ3) is 1.98. The first kappa shape index (κ1) is 9.07. The van der Waals surface area contributed by atoms with Crippen LogP contribution < -0.4 is 5.43 Å². The van der Waals surface area contributed by atoms with Crippen molar-refractivity contribution >= 4 is 17.3 Å². The van der Waals surface area contributed by atoms with Crippen molar-refractivity contribution in [3.63, 3.8) is 0 Å². The van der Waals surface area contributed by atoms with Gasteiger partial charge in [0.15, 0.2) is 0 Å². The van der Waals surface area contributed by atoms with Gasteiger partial charge in [-0.3, -0.25) is 0 Å². The average molecular weight is 183 g/mol. The molecule has 0 amide bonds. The van der Waals surface area contributed by atoms with Gasteiger partial charge in [0, 0.05) is 17.6 Å². The minimum atomic E-state index is 0.731. The van der Waals surface area contributed by atoms with Gasteiger partial charge in [0.2, 0.25) is 0 Å². The summed E-state index contributed by atoms with van der Waals surface area (Å²) in [6.07, 6.45) is 0. The van der Waals surface area contributed by atoms with Gasteiger partial charge in [-0.25, -0.2) is 0 Å². The second-order valence-electron chi connectivity index (χ2n) is 2.40. The van der Waals surface area contributed by atoms with E-state index in [0.717, 1.165) is 16.3 Å². The number of benzene rings is 1. The molecule has 1 N–H and O–H groups in total. The molecule has 12 heavy (non-hydrogen) atoms. The Hall–Kier alpha value is -1.02. The fourth-order valence-corrected chi connectivity index (χ4v) is 1.26. The molecule has 0 unspecified atom stereocenters. The van der Waals surface area contributed by atoms with Gasteiger partial charge >= 0.3 is 0 Å². The number of rotatable bonds is 2. The summed E-state index contributed by atoms with van der Waals surface area (Å²) in [7, 11) is 1.76. The van der Waals surface area contributed by atoms with Crippen molar-refractivity contribution in [1.29, 1.82) is 0 Å². The average Bonchev–Trinajstić information content (AvgIpc) is 2.05. The zero-order valence-electron chi connectivity index (χ0n) is 7.13. The summed E-state index contributed by atoms with van der Waals surface area (Å²) in [4.78, 5) is 0. The highest BCUT2D eigenvalue weighted by molar-refractivity contribution is 6.34. The van der Waals surface area contributed by atoms with Crippen LogP contribution in [0.15, 0.2) is 29.4 Å². The first-order valence-corrected chi connectivity index (χ1v) is 4.09. The Bertz CT molecular complexity index is 294. The second kappa shape index (κ2) is 4.12. The Morgan fingerprint density at radius 3 is 2.67 bits per heavy atom. The van der Waals surface area contributed by atoms with Crippen molar-refractivity contribution in [3.05, 3.63) is 34.9 Å². The molecule has 0 aliphatic carbocycles. The summed E-state index contributed by atoms with van der Waals surface area (Å²) in [5, 5.41) is 4.77. The highest BCUT2D eigenvalue weighted by atomic mass is 35.5. The monoisotopic (exact) mass is 182 g/mol. The van der Waals surface area contributed by atoms with Crippen LogP contribution in [0.4, 0.5) is 0 Å². The molecule has 1 rings (SSSR count). The third-order valence-electron chi connectivity index (χ3n) is 1.54. The molecule has 0 fully saturated rings. The van der Waals surface area contributed by atoms with E-state index in [1.807, 2.05) is 31.2 Å². The van der Waals surface area contributed by atoms with Crippen LogP contribution >= 0.6 is 11.6 Å². The maximum Gasteiger partial charge on any atom is 0.0659 e. The number of nitrogens with zero attached hydrogens (tertiary/aromatic N) is 1. The van der Waals surface area contributed by atoms with E-state index in [4.69, 9.17) is 11.6 Å². The Morgan fingerprint density at radius 1 is 1.42 bits per heavy atom. The lowest BCUT2D eigenvalue weighted by Crippen LogP contribution is -2.03. The molecule has 0 saturated carbocycles. The van der Waals surface area contributed by atoms with Gasteiger partial charge in [-0.1, -0.05) is 29.8 Å². The van der Waals surface area contributed by atoms with E-state index in [1.54, 1.807) is 7.05 Å². The van der Waals surface area contributed by atoms with E-state index in [0.29, 0.717) is 0 Å². The number of hydrazone groups is 1. The van der Waals surface area contributed by atoms with Crippen LogP contribution in [-0.4, -0.2) is 12.8 Å². The number of hydrogen-bond acceptors (Lipinski definition) is 2. The van der Waals surface area contributed by atoms with Crippen molar-refractivity contribution in [2.45, 2.75) is 6.92 Å². The summed E-state index contributed by atoms with van der Waals surface area (Å²) in [6.45, 7) is 1.91. The Labute approximate surface area is 77.2 Å². The fourth-order valence-electron chi connectivity index (χ4n) is 0.983. The predicted molar refractivity (Wildman–Crippen MR) is 52.7 cm³/mol. The summed E-state index contributed by atoms with van der Waals surface area (Å²) >= 11 is 5.95. The van der Waals surface area contributed by atoms with E-state index in [1.165, 1.54) is 0 Å². The molecule has 64 valence electrons. The van der Waals surface area contributed by atoms with Crippen LogP contribution in [0.2, 0.25) is 5.02 Å². The molecular weight excluding hydrogens is 172 g/mol. The number of halogens is 1. The molecular formula is C9H11ClN2. The predicted octanol–water partition coefficient (Wildman–Crippen LogP) is 2.28. The first-order valence-electron chi connectivity index (χ1n) is 3.71. The van der Waals surface area contributed by atoms with Crippen molar-refractivity contribution in [2.24, 2.45) is 5.10 Å². The molecule has 0 heterocycles. The van der Waals surface area contributed by atoms with Crippen LogP contribution in [0.3, 0.4) is 0 Å². The summed E-state index contributed by atoms with van der Waals surface area (Å²) in [5.74, 6) is 0. The number of nitrogens with one attached hydrogen (secondary N) is 1. The molecule has 0 spiro atoms. The Morgan fingerprint density at radius 2 is 2.08 bits per heavy atom. The third-order valence-corrected chi connectivity index (χ3v) is 1.87. The largest absolute Gasteiger partial charge is 0.313 e. The maximum absolute atomic E-state index is 5.95. The van der Waals surface area contributed by atoms with E-state index >= 15 is 0 Å². The second-order valence-corrected chi connectivity index (χ2v) is 2.81. The van der Waals surface area contributed by atoms with Gasteiger partial charge < -0.3 is 5.43 Å². The number of hydrogen-bond donors (Lipinski definition) is 1. The quantitative estimate of drug-likeness (QED) is 0.551. The van der Waals surface area contributed by atoms with Crippen LogP contribution in [0.5, 0.6) is 0 Å². The minimum absolute atomic E-state index is 0.731. The zero-order valence-corrected chi connectivity index (χ0v) is 7.89. The molecule has 0 radical (unpaired) electrons. The highest BCUT2D eigenvalue weighted by Gasteiger charge is 2.00. The summed E-state index contributed by atoms with van der Waals surface area (Å²) < 4.78 is 0. The van der Waals surface area contributed by atoms with Crippen molar-refractivity contribution in [3.8, 4) is 0 Å². The molecule has 0 aliphatic heterocycles. The van der Waals surface area contributed by atoms with Gasteiger partial charge in [0.05, 0.1) is 5.71 Å².